The number of aromatic nitrogens is 2. The Morgan fingerprint density at radius 3 is 2.79 bits per heavy atom. The fourth-order valence-electron chi connectivity index (χ4n) is 3.99. The van der Waals surface area contributed by atoms with E-state index in [1.807, 2.05) is 12.4 Å². The second-order valence-corrected chi connectivity index (χ2v) is 8.90. The van der Waals surface area contributed by atoms with Crippen LogP contribution in [0.15, 0.2) is 17.8 Å². The molecule has 130 valence electrons. The lowest BCUT2D eigenvalue weighted by atomic mass is 9.93. The average molecular weight is 385 g/mol. The molecule has 3 heterocycles. The zero-order valence-electron chi connectivity index (χ0n) is 13.8. The molecule has 1 unspecified atom stereocenters. The Morgan fingerprint density at radius 2 is 2.17 bits per heavy atom. The van der Waals surface area contributed by atoms with E-state index in [4.69, 9.17) is 23.2 Å². The van der Waals surface area contributed by atoms with Gasteiger partial charge in [0.25, 0.3) is 0 Å². The molecule has 1 atom stereocenters. The molecule has 2 aromatic heterocycles. The van der Waals surface area contributed by atoms with E-state index < -0.39 is 0 Å². The molecule has 4 nitrogen and oxygen atoms in total. The molecule has 1 N–H and O–H groups in total. The topological polar surface area (TPSA) is 33.1 Å². The molecule has 1 saturated carbocycles. The maximum absolute atomic E-state index is 6.39. The molecule has 2 aromatic rings. The summed E-state index contributed by atoms with van der Waals surface area (Å²) in [5.74, 6) is 1.10. The Morgan fingerprint density at radius 1 is 1.38 bits per heavy atom. The van der Waals surface area contributed by atoms with Crippen LogP contribution in [0.4, 0.5) is 0 Å². The zero-order valence-corrected chi connectivity index (χ0v) is 16.1. The van der Waals surface area contributed by atoms with Gasteiger partial charge in [-0.05, 0) is 48.7 Å². The molecule has 0 bridgehead atoms. The summed E-state index contributed by atoms with van der Waals surface area (Å²) < 4.78 is 2.79. The molecule has 1 aliphatic carbocycles. The van der Waals surface area contributed by atoms with Gasteiger partial charge in [-0.15, -0.1) is 11.3 Å². The van der Waals surface area contributed by atoms with Crippen LogP contribution >= 0.6 is 34.5 Å². The number of thiophene rings is 1. The first-order valence-electron chi connectivity index (χ1n) is 8.41. The Kier molecular flexibility index (Phi) is 4.65. The van der Waals surface area contributed by atoms with Gasteiger partial charge in [-0.2, -0.15) is 0 Å². The van der Waals surface area contributed by atoms with Gasteiger partial charge in [0.05, 0.1) is 11.6 Å². The van der Waals surface area contributed by atoms with Crippen molar-refractivity contribution >= 4 is 34.5 Å². The first-order chi connectivity index (χ1) is 11.6. The van der Waals surface area contributed by atoms with E-state index in [2.05, 4.69) is 32.2 Å². The Hall–Kier alpha value is -0.590. The third kappa shape index (κ3) is 3.13. The number of hydrogen-bond donors (Lipinski definition) is 1. The van der Waals surface area contributed by atoms with Gasteiger partial charge in [-0.25, -0.2) is 4.98 Å². The van der Waals surface area contributed by atoms with Crippen molar-refractivity contribution in [1.29, 1.82) is 0 Å². The Labute approximate surface area is 156 Å². The highest BCUT2D eigenvalue weighted by atomic mass is 35.5. The molecule has 1 saturated heterocycles. The summed E-state index contributed by atoms with van der Waals surface area (Å²) in [6.07, 6.45) is 7.71. The minimum absolute atomic E-state index is 0.489. The molecule has 2 fully saturated rings. The van der Waals surface area contributed by atoms with Gasteiger partial charge in [0.1, 0.15) is 10.2 Å². The van der Waals surface area contributed by atoms with E-state index in [1.54, 1.807) is 0 Å². The number of halogens is 2. The highest BCUT2D eigenvalue weighted by molar-refractivity contribution is 7.15. The van der Waals surface area contributed by atoms with Crippen molar-refractivity contribution in [3.63, 3.8) is 0 Å². The zero-order chi connectivity index (χ0) is 16.7. The van der Waals surface area contributed by atoms with Crippen molar-refractivity contribution < 1.29 is 0 Å². The molecule has 7 heteroatoms. The third-order valence-electron chi connectivity index (χ3n) is 5.58. The van der Waals surface area contributed by atoms with Gasteiger partial charge in [-0.3, -0.25) is 4.90 Å². The fraction of sp³-hybridized carbons (Fsp3) is 0.588. The normalized spacial score (nSPS) is 22.4. The molecule has 0 amide bonds. The summed E-state index contributed by atoms with van der Waals surface area (Å²) >= 11 is 14.1. The number of nitrogens with zero attached hydrogens (tertiary/aromatic N) is 3. The van der Waals surface area contributed by atoms with Crippen LogP contribution in [0.3, 0.4) is 0 Å². The monoisotopic (exact) mass is 384 g/mol. The highest BCUT2D eigenvalue weighted by Gasteiger charge is 2.56. The van der Waals surface area contributed by atoms with Crippen molar-refractivity contribution in [2.75, 3.05) is 13.1 Å². The molecule has 4 rings (SSSR count). The minimum atomic E-state index is 0.489. The van der Waals surface area contributed by atoms with Crippen LogP contribution < -0.4 is 5.32 Å². The molecule has 0 radical (unpaired) electrons. The van der Waals surface area contributed by atoms with Gasteiger partial charge < -0.3 is 9.88 Å². The molecule has 0 aromatic carbocycles. The van der Waals surface area contributed by atoms with Crippen LogP contribution in [0.1, 0.15) is 30.7 Å². The smallest absolute Gasteiger partial charge is 0.122 e. The lowest BCUT2D eigenvalue weighted by molar-refractivity contribution is 0.183. The van der Waals surface area contributed by atoms with Gasteiger partial charge in [0.15, 0.2) is 0 Å². The van der Waals surface area contributed by atoms with E-state index in [0.29, 0.717) is 20.8 Å². The van der Waals surface area contributed by atoms with E-state index in [0.717, 1.165) is 37.6 Å². The summed E-state index contributed by atoms with van der Waals surface area (Å²) in [7, 11) is 2.06. The molecular weight excluding hydrogens is 363 g/mol. The second kappa shape index (κ2) is 6.61. The maximum atomic E-state index is 6.39. The lowest BCUT2D eigenvalue weighted by Crippen LogP contribution is -2.36. The van der Waals surface area contributed by atoms with E-state index in [-0.39, 0.29) is 0 Å². The first-order valence-corrected chi connectivity index (χ1v) is 10.0. The summed E-state index contributed by atoms with van der Waals surface area (Å²) in [6, 6.07) is 0.617. The second-order valence-electron chi connectivity index (χ2n) is 7.04. The minimum Gasteiger partial charge on any atom is -0.337 e. The predicted molar refractivity (Wildman–Crippen MR) is 99.7 cm³/mol. The van der Waals surface area contributed by atoms with Crippen molar-refractivity contribution in [1.82, 2.24) is 19.8 Å². The first kappa shape index (κ1) is 16.9. The number of rotatable bonds is 5. The van der Waals surface area contributed by atoms with Crippen molar-refractivity contribution in [2.24, 2.45) is 12.5 Å². The lowest BCUT2D eigenvalue weighted by Gasteiger charge is -2.29. The van der Waals surface area contributed by atoms with Crippen LogP contribution in [0, 0.1) is 5.41 Å². The molecule has 1 aliphatic heterocycles. The van der Waals surface area contributed by atoms with Gasteiger partial charge >= 0.3 is 0 Å². The standard InChI is InChI=1S/C17H22Cl2N4S/c1-22-7-6-21-14(22)10-23(9-12-11-24-16(19)15(12)18)13-8-17(13)2-4-20-5-3-17/h6-7,11,13,20H,2-5,8-10H2,1H3. The molecule has 1 spiro atoms. The Bertz CT molecular complexity index is 720. The third-order valence-corrected chi connectivity index (χ3v) is 7.49. The summed E-state index contributed by atoms with van der Waals surface area (Å²) in [4.78, 5) is 7.07. The van der Waals surface area contributed by atoms with Crippen LogP contribution in [0.5, 0.6) is 0 Å². The molecule has 2 aliphatic rings. The van der Waals surface area contributed by atoms with Gasteiger partial charge in [0.2, 0.25) is 0 Å². The molecule has 24 heavy (non-hydrogen) atoms. The number of nitrogens with one attached hydrogen (secondary N) is 1. The quantitative estimate of drug-likeness (QED) is 0.847. The van der Waals surface area contributed by atoms with Crippen LogP contribution in [-0.4, -0.2) is 33.6 Å². The predicted octanol–water partition coefficient (Wildman–Crippen LogP) is 3.93. The number of hydrogen-bond acceptors (Lipinski definition) is 4. The SMILES string of the molecule is Cn1ccnc1CN(Cc1csc(Cl)c1Cl)C1CC12CCNCC2. The number of imidazole rings is 1. The van der Waals surface area contributed by atoms with Crippen LogP contribution in [0.25, 0.3) is 0 Å². The van der Waals surface area contributed by atoms with Gasteiger partial charge in [-0.1, -0.05) is 23.2 Å². The largest absolute Gasteiger partial charge is 0.337 e. The van der Waals surface area contributed by atoms with E-state index >= 15 is 0 Å². The number of aryl methyl sites for hydroxylation is 1. The van der Waals surface area contributed by atoms with E-state index in [9.17, 15) is 0 Å². The van der Waals surface area contributed by atoms with E-state index in [1.165, 1.54) is 30.6 Å². The van der Waals surface area contributed by atoms with Crippen molar-refractivity contribution in [3.8, 4) is 0 Å². The highest BCUT2D eigenvalue weighted by Crippen LogP contribution is 2.56. The maximum Gasteiger partial charge on any atom is 0.122 e. The van der Waals surface area contributed by atoms with Crippen molar-refractivity contribution in [3.05, 3.63) is 38.5 Å². The van der Waals surface area contributed by atoms with Gasteiger partial charge in [0, 0.05) is 32.0 Å². The van der Waals surface area contributed by atoms with Crippen LogP contribution in [0.2, 0.25) is 9.36 Å². The summed E-state index contributed by atoms with van der Waals surface area (Å²) in [5, 5.41) is 6.29. The summed E-state index contributed by atoms with van der Waals surface area (Å²) in [5.41, 5.74) is 1.62. The fourth-order valence-corrected chi connectivity index (χ4v) is 5.23. The number of piperidine rings is 1. The van der Waals surface area contributed by atoms with Crippen molar-refractivity contribution in [2.45, 2.75) is 38.4 Å². The van der Waals surface area contributed by atoms with Crippen LogP contribution in [-0.2, 0) is 20.1 Å². The molecular formula is C17H22Cl2N4S. The Balaban J connectivity index is 1.55. The average Bonchev–Trinajstić information content (AvgIpc) is 2.95. The summed E-state index contributed by atoms with van der Waals surface area (Å²) in [6.45, 7) is 3.97.